The van der Waals surface area contributed by atoms with E-state index in [9.17, 15) is 4.79 Å². The van der Waals surface area contributed by atoms with Gasteiger partial charge in [0.05, 0.1) is 43.0 Å². The lowest BCUT2D eigenvalue weighted by Gasteiger charge is -2.30. The van der Waals surface area contributed by atoms with E-state index in [-0.39, 0.29) is 5.97 Å². The number of carbonyl (C=O) groups excluding carboxylic acids is 1. The number of imidazole rings is 1. The molecule has 0 saturated heterocycles. The summed E-state index contributed by atoms with van der Waals surface area (Å²) in [6.07, 6.45) is 0.901. The Kier molecular flexibility index (Phi) is 5.84. The fourth-order valence-corrected chi connectivity index (χ4v) is 3.94. The zero-order chi connectivity index (χ0) is 22.0. The monoisotopic (exact) mass is 421 g/mol. The molecule has 0 radical (unpaired) electrons. The molecule has 2 aromatic carbocycles. The van der Waals surface area contributed by atoms with Gasteiger partial charge in [0.2, 0.25) is 5.95 Å². The van der Waals surface area contributed by atoms with Gasteiger partial charge >= 0.3 is 5.97 Å². The maximum atomic E-state index is 13.0. The van der Waals surface area contributed by atoms with Gasteiger partial charge < -0.3 is 19.5 Å². The largest absolute Gasteiger partial charge is 0.493 e. The van der Waals surface area contributed by atoms with Crippen LogP contribution in [0.5, 0.6) is 11.5 Å². The number of nitrogens with one attached hydrogen (secondary N) is 1. The van der Waals surface area contributed by atoms with Gasteiger partial charge in [-0.15, -0.1) is 0 Å². The van der Waals surface area contributed by atoms with E-state index in [1.54, 1.807) is 14.0 Å². The van der Waals surface area contributed by atoms with Crippen molar-refractivity contribution in [2.75, 3.05) is 25.6 Å². The van der Waals surface area contributed by atoms with E-state index in [0.29, 0.717) is 36.2 Å². The number of esters is 1. The molecule has 4 rings (SSSR count). The highest BCUT2D eigenvalue weighted by atomic mass is 16.5. The van der Waals surface area contributed by atoms with Gasteiger partial charge in [-0.2, -0.15) is 0 Å². The van der Waals surface area contributed by atoms with Crippen LogP contribution in [0, 0.1) is 0 Å². The highest BCUT2D eigenvalue weighted by Crippen LogP contribution is 2.41. The Morgan fingerprint density at radius 2 is 1.97 bits per heavy atom. The Morgan fingerprint density at radius 1 is 1.16 bits per heavy atom. The van der Waals surface area contributed by atoms with Crippen molar-refractivity contribution >= 4 is 23.0 Å². The van der Waals surface area contributed by atoms with Gasteiger partial charge in [0, 0.05) is 5.70 Å². The van der Waals surface area contributed by atoms with Crippen molar-refractivity contribution in [3.8, 4) is 11.5 Å². The molecule has 7 heteroatoms. The molecule has 0 saturated carbocycles. The molecule has 0 fully saturated rings. The van der Waals surface area contributed by atoms with Crippen molar-refractivity contribution in [1.29, 1.82) is 0 Å². The second-order valence-corrected chi connectivity index (χ2v) is 7.34. The number of aromatic nitrogens is 2. The molecule has 162 valence electrons. The van der Waals surface area contributed by atoms with Gasteiger partial charge in [-0.25, -0.2) is 9.78 Å². The summed E-state index contributed by atoms with van der Waals surface area (Å²) in [4.78, 5) is 17.7. The maximum Gasteiger partial charge on any atom is 0.338 e. The number of hydrogen-bond donors (Lipinski definition) is 1. The molecule has 0 amide bonds. The fourth-order valence-electron chi connectivity index (χ4n) is 3.94. The van der Waals surface area contributed by atoms with Crippen LogP contribution in [0.25, 0.3) is 11.0 Å². The first-order chi connectivity index (χ1) is 15.1. The van der Waals surface area contributed by atoms with Crippen molar-refractivity contribution in [2.24, 2.45) is 0 Å². The van der Waals surface area contributed by atoms with Gasteiger partial charge in [0.1, 0.15) is 0 Å². The number of para-hydroxylation sites is 2. The molecule has 7 nitrogen and oxygen atoms in total. The molecular formula is C24H27N3O4. The summed E-state index contributed by atoms with van der Waals surface area (Å²) in [5.74, 6) is 1.63. The molecule has 1 atom stereocenters. The number of nitrogens with zero attached hydrogens (tertiary/aromatic N) is 2. The lowest BCUT2D eigenvalue weighted by molar-refractivity contribution is -0.139. The second-order valence-electron chi connectivity index (χ2n) is 7.34. The summed E-state index contributed by atoms with van der Waals surface area (Å²) in [5.41, 5.74) is 3.92. The number of hydrogen-bond acceptors (Lipinski definition) is 6. The second kappa shape index (κ2) is 8.71. The van der Waals surface area contributed by atoms with Gasteiger partial charge in [0.15, 0.2) is 11.5 Å². The molecule has 0 bridgehead atoms. The number of rotatable bonds is 7. The van der Waals surface area contributed by atoms with Gasteiger partial charge in [-0.1, -0.05) is 25.1 Å². The molecule has 1 N–H and O–H groups in total. The highest BCUT2D eigenvalue weighted by Gasteiger charge is 2.35. The SMILES string of the molecule is CCCOc1ccc(C2C(C(=O)OCC)=C(C)Nc3nc4ccccc4n32)cc1OC. The van der Waals surface area contributed by atoms with Crippen molar-refractivity contribution in [3.05, 3.63) is 59.3 Å². The third-order valence-corrected chi connectivity index (χ3v) is 5.29. The van der Waals surface area contributed by atoms with Crippen LogP contribution in [0.4, 0.5) is 5.95 Å². The van der Waals surface area contributed by atoms with Crippen molar-refractivity contribution < 1.29 is 19.0 Å². The summed E-state index contributed by atoms with van der Waals surface area (Å²) >= 11 is 0. The number of carbonyl (C=O) groups is 1. The summed E-state index contributed by atoms with van der Waals surface area (Å²) in [6, 6.07) is 13.2. The van der Waals surface area contributed by atoms with E-state index in [2.05, 4.69) is 12.2 Å². The standard InChI is InChI=1S/C24H27N3O4/c1-5-13-31-19-12-11-16(14-20(19)29-4)22-21(23(28)30-6-2)15(3)25-24-26-17-9-7-8-10-18(17)27(22)24/h7-12,14,22H,5-6,13H2,1-4H3,(H,25,26). The number of allylic oxidation sites excluding steroid dienone is 1. The average Bonchev–Trinajstić information content (AvgIpc) is 3.14. The first-order valence-electron chi connectivity index (χ1n) is 10.5. The fraction of sp³-hybridized carbons (Fsp3) is 0.333. The molecule has 2 heterocycles. The average molecular weight is 421 g/mol. The normalized spacial score (nSPS) is 15.4. The quantitative estimate of drug-likeness (QED) is 0.558. The summed E-state index contributed by atoms with van der Waals surface area (Å²) in [5, 5.41) is 3.28. The van der Waals surface area contributed by atoms with Crippen molar-refractivity contribution in [2.45, 2.75) is 33.2 Å². The van der Waals surface area contributed by atoms with Crippen molar-refractivity contribution in [3.63, 3.8) is 0 Å². The third kappa shape index (κ3) is 3.71. The van der Waals surface area contributed by atoms with Gasteiger partial charge in [0.25, 0.3) is 0 Å². The topological polar surface area (TPSA) is 74.6 Å². The molecule has 3 aromatic rings. The first kappa shape index (κ1) is 20.8. The maximum absolute atomic E-state index is 13.0. The summed E-state index contributed by atoms with van der Waals surface area (Å²) in [7, 11) is 1.62. The van der Waals surface area contributed by atoms with Crippen molar-refractivity contribution in [1.82, 2.24) is 9.55 Å². The van der Waals surface area contributed by atoms with E-state index in [1.165, 1.54) is 0 Å². The van der Waals surface area contributed by atoms with E-state index in [0.717, 1.165) is 28.7 Å². The summed E-state index contributed by atoms with van der Waals surface area (Å²) < 4.78 is 18.9. The minimum absolute atomic E-state index is 0.299. The molecule has 0 spiro atoms. The van der Waals surface area contributed by atoms with Crippen LogP contribution in [-0.2, 0) is 9.53 Å². The predicted molar refractivity (Wildman–Crippen MR) is 120 cm³/mol. The van der Waals surface area contributed by atoms with Gasteiger partial charge in [-0.05, 0) is 50.1 Å². The van der Waals surface area contributed by atoms with E-state index in [4.69, 9.17) is 19.2 Å². The molecule has 1 aromatic heterocycles. The van der Waals surface area contributed by atoms with Crippen LogP contribution in [-0.4, -0.2) is 35.8 Å². The van der Waals surface area contributed by atoms with E-state index < -0.39 is 6.04 Å². The van der Waals surface area contributed by atoms with Crippen LogP contribution in [0.2, 0.25) is 0 Å². The van der Waals surface area contributed by atoms with E-state index in [1.807, 2.05) is 54.0 Å². The molecular weight excluding hydrogens is 394 g/mol. The molecule has 1 unspecified atom stereocenters. The molecule has 1 aliphatic heterocycles. The molecule has 1 aliphatic rings. The van der Waals surface area contributed by atoms with Gasteiger partial charge in [-0.3, -0.25) is 4.57 Å². The Bertz CT molecular complexity index is 1150. The summed E-state index contributed by atoms with van der Waals surface area (Å²) in [6.45, 7) is 6.64. The van der Waals surface area contributed by atoms with Crippen LogP contribution in [0.15, 0.2) is 53.7 Å². The predicted octanol–water partition coefficient (Wildman–Crippen LogP) is 4.69. The zero-order valence-electron chi connectivity index (χ0n) is 18.3. The Hall–Kier alpha value is -3.48. The van der Waals surface area contributed by atoms with E-state index >= 15 is 0 Å². The third-order valence-electron chi connectivity index (χ3n) is 5.29. The van der Waals surface area contributed by atoms with Crippen LogP contribution in [0.1, 0.15) is 38.8 Å². The minimum Gasteiger partial charge on any atom is -0.493 e. The smallest absolute Gasteiger partial charge is 0.338 e. The minimum atomic E-state index is -0.420. The number of ether oxygens (including phenoxy) is 3. The molecule has 31 heavy (non-hydrogen) atoms. The number of benzene rings is 2. The first-order valence-corrected chi connectivity index (χ1v) is 10.5. The number of fused-ring (bicyclic) bond motifs is 3. The zero-order valence-corrected chi connectivity index (χ0v) is 18.3. The van der Waals surface area contributed by atoms with Crippen LogP contribution >= 0.6 is 0 Å². The van der Waals surface area contributed by atoms with Crippen LogP contribution < -0.4 is 14.8 Å². The Balaban J connectivity index is 1.91. The van der Waals surface area contributed by atoms with Crippen LogP contribution in [0.3, 0.4) is 0 Å². The Morgan fingerprint density at radius 3 is 2.71 bits per heavy atom. The lowest BCUT2D eigenvalue weighted by Crippen LogP contribution is -2.29. The highest BCUT2D eigenvalue weighted by molar-refractivity contribution is 5.94. The Labute approximate surface area is 181 Å². The molecule has 0 aliphatic carbocycles. The lowest BCUT2D eigenvalue weighted by atomic mass is 9.94. The number of methoxy groups -OCH3 is 1. The number of anilines is 1.